The highest BCUT2D eigenvalue weighted by Gasteiger charge is 2.11. The van der Waals surface area contributed by atoms with Crippen molar-refractivity contribution < 1.29 is 19.1 Å². The van der Waals surface area contributed by atoms with E-state index < -0.39 is 0 Å². The van der Waals surface area contributed by atoms with Crippen molar-refractivity contribution in [2.24, 2.45) is 0 Å². The van der Waals surface area contributed by atoms with Crippen LogP contribution in [0.4, 0.5) is 11.4 Å². The lowest BCUT2D eigenvalue weighted by molar-refractivity contribution is -0.117. The van der Waals surface area contributed by atoms with Gasteiger partial charge in [-0.2, -0.15) is 0 Å². The molecule has 0 saturated heterocycles. The summed E-state index contributed by atoms with van der Waals surface area (Å²) in [5, 5.41) is 21.8. The summed E-state index contributed by atoms with van der Waals surface area (Å²) in [5.74, 6) is 0.592. The fourth-order valence-corrected chi connectivity index (χ4v) is 3.69. The predicted octanol–water partition coefficient (Wildman–Crippen LogP) is 3.31. The maximum Gasteiger partial charge on any atom is 0.246 e. The van der Waals surface area contributed by atoms with Crippen LogP contribution < -0.4 is 20.1 Å². The van der Waals surface area contributed by atoms with E-state index in [1.165, 1.54) is 9.36 Å². The summed E-state index contributed by atoms with van der Waals surface area (Å²) in [6, 6.07) is 25.6. The molecular weight excluding hydrogens is 512 g/mol. The van der Waals surface area contributed by atoms with E-state index in [2.05, 4.69) is 31.3 Å². The van der Waals surface area contributed by atoms with Crippen LogP contribution in [-0.4, -0.2) is 41.8 Å². The second-order valence-electron chi connectivity index (χ2n) is 8.67. The molecule has 0 fully saturated rings. The van der Waals surface area contributed by atoms with Gasteiger partial charge in [0.2, 0.25) is 11.8 Å². The van der Waals surface area contributed by atoms with Crippen LogP contribution in [0.15, 0.2) is 97.3 Å². The van der Waals surface area contributed by atoms with E-state index in [9.17, 15) is 9.59 Å². The van der Waals surface area contributed by atoms with Gasteiger partial charge in [0.05, 0.1) is 12.4 Å². The first kappa shape index (κ1) is 26.1. The Morgan fingerprint density at radius 2 is 1.00 bits per heavy atom. The average molecular weight is 539 g/mol. The molecule has 12 heteroatoms. The third-order valence-corrected chi connectivity index (χ3v) is 5.50. The van der Waals surface area contributed by atoms with Crippen molar-refractivity contribution in [1.29, 1.82) is 0 Å². The Balaban J connectivity index is 1.10. The fourth-order valence-electron chi connectivity index (χ4n) is 3.69. The number of carbonyl (C=O) groups is 2. The van der Waals surface area contributed by atoms with Crippen molar-refractivity contribution >= 4 is 23.2 Å². The Morgan fingerprint density at radius 1 is 0.600 bits per heavy atom. The minimum Gasteiger partial charge on any atom is -0.483 e. The van der Waals surface area contributed by atoms with Gasteiger partial charge < -0.3 is 20.1 Å². The van der Waals surface area contributed by atoms with Gasteiger partial charge in [0.1, 0.15) is 37.7 Å². The molecule has 3 aromatic carbocycles. The molecule has 40 heavy (non-hydrogen) atoms. The monoisotopic (exact) mass is 538 g/mol. The number of carbonyl (C=O) groups excluding carboxylic acids is 2. The highest BCUT2D eigenvalue weighted by atomic mass is 16.5. The van der Waals surface area contributed by atoms with Crippen molar-refractivity contribution in [3.8, 4) is 11.5 Å². The minimum atomic E-state index is -0.212. The van der Waals surface area contributed by atoms with Crippen LogP contribution in [0.5, 0.6) is 11.5 Å². The van der Waals surface area contributed by atoms with Gasteiger partial charge in [-0.25, -0.2) is 9.36 Å². The van der Waals surface area contributed by atoms with Crippen LogP contribution in [0.25, 0.3) is 0 Å². The zero-order valence-electron chi connectivity index (χ0n) is 21.4. The molecule has 0 spiro atoms. The van der Waals surface area contributed by atoms with Gasteiger partial charge in [0, 0.05) is 11.4 Å². The third-order valence-electron chi connectivity index (χ3n) is 5.50. The number of para-hydroxylation sites is 4. The number of nitrogens with zero attached hydrogens (tertiary/aromatic N) is 6. The molecule has 5 aromatic rings. The normalized spacial score (nSPS) is 10.6. The molecule has 0 aliphatic rings. The number of hydrogen-bond donors (Lipinski definition) is 2. The molecule has 0 aliphatic carbocycles. The van der Waals surface area contributed by atoms with Gasteiger partial charge in [0.25, 0.3) is 0 Å². The Kier molecular flexibility index (Phi) is 8.37. The van der Waals surface area contributed by atoms with E-state index in [1.807, 2.05) is 72.8 Å². The number of hydrogen-bond acceptors (Lipinski definition) is 8. The van der Waals surface area contributed by atoms with Gasteiger partial charge in [-0.15, -0.1) is 10.2 Å². The summed E-state index contributed by atoms with van der Waals surface area (Å²) in [6.45, 7) is 0.313. The van der Waals surface area contributed by atoms with Crippen LogP contribution in [0.1, 0.15) is 11.4 Å². The first-order valence-corrected chi connectivity index (χ1v) is 12.4. The number of aromatic nitrogens is 6. The highest BCUT2D eigenvalue weighted by Crippen LogP contribution is 2.27. The van der Waals surface area contributed by atoms with Crippen LogP contribution in [-0.2, 0) is 35.9 Å². The van der Waals surface area contributed by atoms with E-state index in [0.29, 0.717) is 34.3 Å². The van der Waals surface area contributed by atoms with E-state index in [0.717, 1.165) is 0 Å². The average Bonchev–Trinajstić information content (AvgIpc) is 3.61. The lowest BCUT2D eigenvalue weighted by Gasteiger charge is -2.11. The second kappa shape index (κ2) is 12.8. The van der Waals surface area contributed by atoms with Gasteiger partial charge in [-0.1, -0.05) is 59.0 Å². The largest absolute Gasteiger partial charge is 0.483 e. The second-order valence-corrected chi connectivity index (χ2v) is 8.67. The molecule has 2 amide bonds. The number of anilines is 2. The molecule has 0 atom stereocenters. The molecular formula is C28H26N8O4. The summed E-state index contributed by atoms with van der Waals surface area (Å²) >= 11 is 0. The minimum absolute atomic E-state index is 0.0240. The number of ether oxygens (including phenoxy) is 2. The lowest BCUT2D eigenvalue weighted by atomic mass is 10.3. The molecule has 12 nitrogen and oxygen atoms in total. The zero-order chi connectivity index (χ0) is 27.6. The maximum absolute atomic E-state index is 12.3. The van der Waals surface area contributed by atoms with Gasteiger partial charge in [-0.05, 0) is 36.4 Å². The van der Waals surface area contributed by atoms with E-state index in [-0.39, 0.29) is 38.1 Å². The SMILES string of the molecule is O=C(Cn1cc(COc2ccccc2OCc2cn(CC(=O)Nc3ccccc3)nn2)nn1)Nc1ccccc1. The first-order valence-electron chi connectivity index (χ1n) is 12.4. The predicted molar refractivity (Wildman–Crippen MR) is 145 cm³/mol. The van der Waals surface area contributed by atoms with E-state index in [4.69, 9.17) is 9.47 Å². The summed E-state index contributed by atoms with van der Waals surface area (Å²) in [6.07, 6.45) is 3.31. The molecule has 0 radical (unpaired) electrons. The first-order chi connectivity index (χ1) is 19.6. The zero-order valence-corrected chi connectivity index (χ0v) is 21.4. The molecule has 5 rings (SSSR count). The standard InChI is InChI=1S/C28H26N8O4/c37-27(29-21-9-3-1-4-10-21)17-35-15-23(31-33-35)19-39-25-13-7-8-14-26(25)40-20-24-16-36(34-32-24)18-28(38)30-22-11-5-2-6-12-22/h1-16H,17-20H2,(H,29,37)(H,30,38). The number of benzene rings is 3. The van der Waals surface area contributed by atoms with Crippen molar-refractivity contribution in [2.45, 2.75) is 26.3 Å². The van der Waals surface area contributed by atoms with Crippen LogP contribution in [0, 0.1) is 0 Å². The molecule has 0 saturated carbocycles. The van der Waals surface area contributed by atoms with Crippen LogP contribution in [0.2, 0.25) is 0 Å². The maximum atomic E-state index is 12.3. The van der Waals surface area contributed by atoms with Crippen molar-refractivity contribution in [2.75, 3.05) is 10.6 Å². The number of rotatable bonds is 12. The molecule has 0 unspecified atom stereocenters. The summed E-state index contributed by atoms with van der Waals surface area (Å²) < 4.78 is 14.7. The van der Waals surface area contributed by atoms with Crippen molar-refractivity contribution in [1.82, 2.24) is 30.0 Å². The van der Waals surface area contributed by atoms with Crippen LogP contribution in [0.3, 0.4) is 0 Å². The fraction of sp³-hybridized carbons (Fsp3) is 0.143. The lowest BCUT2D eigenvalue weighted by Crippen LogP contribution is -2.19. The molecule has 202 valence electrons. The Labute approximate surface area is 229 Å². The molecule has 2 heterocycles. The summed E-state index contributed by atoms with van der Waals surface area (Å²) in [5.41, 5.74) is 2.53. The van der Waals surface area contributed by atoms with Crippen LogP contribution >= 0.6 is 0 Å². The molecule has 2 N–H and O–H groups in total. The molecule has 0 aliphatic heterocycles. The summed E-state index contributed by atoms with van der Waals surface area (Å²) in [7, 11) is 0. The number of amides is 2. The topological polar surface area (TPSA) is 138 Å². The van der Waals surface area contributed by atoms with Gasteiger partial charge >= 0.3 is 0 Å². The molecule has 2 aromatic heterocycles. The van der Waals surface area contributed by atoms with Gasteiger partial charge in [-0.3, -0.25) is 9.59 Å². The Bertz CT molecular complexity index is 1440. The van der Waals surface area contributed by atoms with Gasteiger partial charge in [0.15, 0.2) is 11.5 Å². The summed E-state index contributed by atoms with van der Waals surface area (Å²) in [4.78, 5) is 24.5. The number of nitrogens with one attached hydrogen (secondary N) is 2. The van der Waals surface area contributed by atoms with Crippen molar-refractivity contribution in [3.05, 3.63) is 109 Å². The van der Waals surface area contributed by atoms with Crippen molar-refractivity contribution in [3.63, 3.8) is 0 Å². The van der Waals surface area contributed by atoms with E-state index >= 15 is 0 Å². The Morgan fingerprint density at radius 3 is 1.43 bits per heavy atom. The third kappa shape index (κ3) is 7.51. The Hall–Kier alpha value is -5.52. The van der Waals surface area contributed by atoms with E-state index in [1.54, 1.807) is 24.5 Å². The molecule has 0 bridgehead atoms. The quantitative estimate of drug-likeness (QED) is 0.247. The highest BCUT2D eigenvalue weighted by molar-refractivity contribution is 5.90. The smallest absolute Gasteiger partial charge is 0.246 e.